The molecule has 2 aromatic rings. The van der Waals surface area contributed by atoms with Gasteiger partial charge < -0.3 is 19.7 Å². The Hall–Kier alpha value is -3.12. The lowest BCUT2D eigenvalue weighted by Gasteiger charge is -2.34. The molecule has 230 valence electrons. The standard InChI is InChI=1S/C30H34F6N2O4/c1-3-38(16-19-12-22(29(31,32)33)15-23(13-19)30(34,35)36)27(39)20-7-8-24(14-20)37-25-9-10-41-17-26(25)42-28(40)21-6-4-5-18(2)11-21/h4-6,11-13,15,20,24-26,37H,3,7-10,14,16-17H2,1-2H3/t20-,24+,25?,26?/m0/s1. The van der Waals surface area contributed by atoms with E-state index in [-0.39, 0.29) is 49.3 Å². The minimum atomic E-state index is -4.96. The third-order valence-electron chi connectivity index (χ3n) is 7.76. The SMILES string of the molecule is CCN(Cc1cc(C(F)(F)F)cc(C(F)(F)F)c1)C(=O)[C@H]1CC[C@@H](NC2CCOCC2OC(=O)c2cccc(C)c2)C1. The van der Waals surface area contributed by atoms with Crippen molar-refractivity contribution in [1.29, 1.82) is 0 Å². The molecule has 1 amide bonds. The van der Waals surface area contributed by atoms with Crippen LogP contribution in [-0.4, -0.2) is 54.7 Å². The van der Waals surface area contributed by atoms with Crippen molar-refractivity contribution in [2.24, 2.45) is 5.92 Å². The molecule has 0 bridgehead atoms. The zero-order valence-corrected chi connectivity index (χ0v) is 23.4. The number of hydrogen-bond acceptors (Lipinski definition) is 5. The Kier molecular flexibility index (Phi) is 9.87. The fraction of sp³-hybridized carbons (Fsp3) is 0.533. The summed E-state index contributed by atoms with van der Waals surface area (Å²) in [7, 11) is 0. The number of carbonyl (C=O) groups excluding carboxylic acids is 2. The highest BCUT2D eigenvalue weighted by Gasteiger charge is 2.39. The second-order valence-electron chi connectivity index (χ2n) is 10.9. The molecule has 2 unspecified atom stereocenters. The normalized spacial score (nSPS) is 23.0. The number of nitrogens with zero attached hydrogens (tertiary/aromatic N) is 1. The summed E-state index contributed by atoms with van der Waals surface area (Å²) in [4.78, 5) is 27.4. The summed E-state index contributed by atoms with van der Waals surface area (Å²) in [6.45, 7) is 3.98. The number of rotatable bonds is 8. The van der Waals surface area contributed by atoms with Crippen LogP contribution in [0.1, 0.15) is 65.2 Å². The Morgan fingerprint density at radius 1 is 1.00 bits per heavy atom. The van der Waals surface area contributed by atoms with E-state index in [4.69, 9.17) is 9.47 Å². The van der Waals surface area contributed by atoms with Crippen molar-refractivity contribution < 1.29 is 45.4 Å². The molecule has 1 heterocycles. The highest BCUT2D eigenvalue weighted by Crippen LogP contribution is 2.37. The summed E-state index contributed by atoms with van der Waals surface area (Å²) in [5.74, 6) is -1.21. The molecule has 1 saturated heterocycles. The summed E-state index contributed by atoms with van der Waals surface area (Å²) in [5.41, 5.74) is -1.69. The number of benzene rings is 2. The number of carbonyl (C=O) groups is 2. The molecular formula is C30H34F6N2O4. The van der Waals surface area contributed by atoms with Crippen molar-refractivity contribution in [3.63, 3.8) is 0 Å². The van der Waals surface area contributed by atoms with Crippen LogP contribution in [0.4, 0.5) is 26.3 Å². The third kappa shape index (κ3) is 8.03. The highest BCUT2D eigenvalue weighted by atomic mass is 19.4. The van der Waals surface area contributed by atoms with Crippen molar-refractivity contribution >= 4 is 11.9 Å². The van der Waals surface area contributed by atoms with E-state index in [2.05, 4.69) is 5.32 Å². The van der Waals surface area contributed by atoms with Crippen LogP contribution >= 0.6 is 0 Å². The largest absolute Gasteiger partial charge is 0.455 e. The Balaban J connectivity index is 1.39. The lowest BCUT2D eigenvalue weighted by molar-refractivity contribution is -0.143. The average Bonchev–Trinajstić information content (AvgIpc) is 3.40. The van der Waals surface area contributed by atoms with Gasteiger partial charge in [-0.15, -0.1) is 0 Å². The van der Waals surface area contributed by atoms with Gasteiger partial charge in [-0.2, -0.15) is 26.3 Å². The molecule has 1 aliphatic heterocycles. The van der Waals surface area contributed by atoms with Gasteiger partial charge in [-0.3, -0.25) is 4.79 Å². The van der Waals surface area contributed by atoms with Gasteiger partial charge in [0, 0.05) is 37.7 Å². The van der Waals surface area contributed by atoms with Crippen LogP contribution in [0.3, 0.4) is 0 Å². The van der Waals surface area contributed by atoms with Gasteiger partial charge in [0.1, 0.15) is 6.10 Å². The summed E-state index contributed by atoms with van der Waals surface area (Å²) < 4.78 is 91.1. The maximum absolute atomic E-state index is 13.3. The molecule has 1 aliphatic carbocycles. The second kappa shape index (κ2) is 13.0. The zero-order valence-electron chi connectivity index (χ0n) is 23.4. The second-order valence-corrected chi connectivity index (χ2v) is 10.9. The molecule has 12 heteroatoms. The molecule has 42 heavy (non-hydrogen) atoms. The first kappa shape index (κ1) is 31.8. The van der Waals surface area contributed by atoms with E-state index in [1.54, 1.807) is 25.1 Å². The van der Waals surface area contributed by atoms with Crippen molar-refractivity contribution in [3.8, 4) is 0 Å². The first-order valence-electron chi connectivity index (χ1n) is 13.9. The molecule has 0 spiro atoms. The summed E-state index contributed by atoms with van der Waals surface area (Å²) in [5, 5.41) is 3.50. The fourth-order valence-electron chi connectivity index (χ4n) is 5.59. The molecule has 2 aromatic carbocycles. The number of hydrogen-bond donors (Lipinski definition) is 1. The van der Waals surface area contributed by atoms with Crippen LogP contribution in [0, 0.1) is 12.8 Å². The molecule has 1 saturated carbocycles. The number of nitrogens with one attached hydrogen (secondary N) is 1. The molecule has 0 radical (unpaired) electrons. The Morgan fingerprint density at radius 3 is 2.31 bits per heavy atom. The monoisotopic (exact) mass is 600 g/mol. The number of halogens is 6. The Labute approximate surface area is 240 Å². The third-order valence-corrected chi connectivity index (χ3v) is 7.76. The van der Waals surface area contributed by atoms with Gasteiger partial charge in [0.15, 0.2) is 0 Å². The number of aryl methyl sites for hydroxylation is 1. The topological polar surface area (TPSA) is 67.9 Å². The van der Waals surface area contributed by atoms with Crippen LogP contribution < -0.4 is 5.32 Å². The molecule has 2 aliphatic rings. The van der Waals surface area contributed by atoms with Gasteiger partial charge >= 0.3 is 18.3 Å². The van der Waals surface area contributed by atoms with Crippen LogP contribution in [0.25, 0.3) is 0 Å². The Bertz CT molecular complexity index is 1230. The van der Waals surface area contributed by atoms with Crippen molar-refractivity contribution in [1.82, 2.24) is 10.2 Å². The minimum absolute atomic E-state index is 0.0775. The lowest BCUT2D eigenvalue weighted by atomic mass is 10.0. The molecular weight excluding hydrogens is 566 g/mol. The van der Waals surface area contributed by atoms with E-state index in [0.29, 0.717) is 50.0 Å². The van der Waals surface area contributed by atoms with Gasteiger partial charge in [-0.25, -0.2) is 4.79 Å². The molecule has 4 rings (SSSR count). The van der Waals surface area contributed by atoms with E-state index in [1.807, 2.05) is 13.0 Å². The van der Waals surface area contributed by atoms with Gasteiger partial charge in [0.25, 0.3) is 0 Å². The van der Waals surface area contributed by atoms with Gasteiger partial charge in [-0.1, -0.05) is 17.7 Å². The van der Waals surface area contributed by atoms with Crippen molar-refractivity contribution in [3.05, 3.63) is 70.3 Å². The fourth-order valence-corrected chi connectivity index (χ4v) is 5.59. The van der Waals surface area contributed by atoms with Crippen molar-refractivity contribution in [2.75, 3.05) is 19.8 Å². The van der Waals surface area contributed by atoms with E-state index >= 15 is 0 Å². The first-order valence-corrected chi connectivity index (χ1v) is 13.9. The lowest BCUT2D eigenvalue weighted by Crippen LogP contribution is -2.51. The molecule has 4 atom stereocenters. The van der Waals surface area contributed by atoms with Gasteiger partial charge in [0.05, 0.1) is 23.3 Å². The smallest absolute Gasteiger partial charge is 0.416 e. The summed E-state index contributed by atoms with van der Waals surface area (Å²) in [6.07, 6.45) is -8.25. The number of amides is 1. The van der Waals surface area contributed by atoms with Gasteiger partial charge in [-0.05, 0) is 75.4 Å². The maximum atomic E-state index is 13.3. The Morgan fingerprint density at radius 2 is 1.69 bits per heavy atom. The van der Waals surface area contributed by atoms with E-state index in [9.17, 15) is 35.9 Å². The quantitative estimate of drug-likeness (QED) is 0.291. The zero-order chi connectivity index (χ0) is 30.7. The predicted molar refractivity (Wildman–Crippen MR) is 141 cm³/mol. The highest BCUT2D eigenvalue weighted by molar-refractivity contribution is 5.89. The number of esters is 1. The van der Waals surface area contributed by atoms with Crippen LogP contribution in [0.2, 0.25) is 0 Å². The molecule has 6 nitrogen and oxygen atoms in total. The maximum Gasteiger partial charge on any atom is 0.416 e. The number of alkyl halides is 6. The molecule has 0 aromatic heterocycles. The van der Waals surface area contributed by atoms with Crippen molar-refractivity contribution in [2.45, 2.75) is 76.6 Å². The summed E-state index contributed by atoms with van der Waals surface area (Å²) in [6, 6.07) is 8.20. The van der Waals surface area contributed by atoms with E-state index in [1.165, 1.54) is 4.90 Å². The van der Waals surface area contributed by atoms with E-state index < -0.39 is 41.5 Å². The molecule has 1 N–H and O–H groups in total. The van der Waals surface area contributed by atoms with Gasteiger partial charge in [0.2, 0.25) is 5.91 Å². The van der Waals surface area contributed by atoms with Crippen LogP contribution in [0.15, 0.2) is 42.5 Å². The van der Waals surface area contributed by atoms with Crippen LogP contribution in [-0.2, 0) is 33.2 Å². The van der Waals surface area contributed by atoms with Crippen LogP contribution in [0.5, 0.6) is 0 Å². The first-order chi connectivity index (χ1) is 19.7. The minimum Gasteiger partial charge on any atom is -0.455 e. The van der Waals surface area contributed by atoms with E-state index in [0.717, 1.165) is 5.56 Å². The summed E-state index contributed by atoms with van der Waals surface area (Å²) >= 11 is 0. The molecule has 2 fully saturated rings. The average molecular weight is 601 g/mol. The predicted octanol–water partition coefficient (Wildman–Crippen LogP) is 6.15. The number of ether oxygens (including phenoxy) is 2.